The Morgan fingerprint density at radius 1 is 0.939 bits per heavy atom. The molecule has 0 aliphatic heterocycles. The monoisotopic (exact) mass is 468 g/mol. The Hall–Kier alpha value is -3.33. The van der Waals surface area contributed by atoms with E-state index in [0.717, 1.165) is 51.0 Å². The number of hydrogen-bond donors (Lipinski definition) is 2. The highest BCUT2D eigenvalue weighted by atomic mass is 32.2. The molecule has 0 saturated carbocycles. The average Bonchev–Trinajstić information content (AvgIpc) is 3.22. The van der Waals surface area contributed by atoms with E-state index < -0.39 is 0 Å². The Bertz CT molecular complexity index is 1140. The van der Waals surface area contributed by atoms with Gasteiger partial charge in [0.1, 0.15) is 5.75 Å². The number of benzene rings is 2. The molecule has 0 atom stereocenters. The Kier molecular flexibility index (Phi) is 8.11. The lowest BCUT2D eigenvalue weighted by molar-refractivity contribution is -0.122. The summed E-state index contributed by atoms with van der Waals surface area (Å²) in [7, 11) is 0. The molecule has 0 aliphatic carbocycles. The van der Waals surface area contributed by atoms with Crippen LogP contribution in [-0.2, 0) is 16.2 Å². The van der Waals surface area contributed by atoms with Crippen molar-refractivity contribution < 1.29 is 18.7 Å². The maximum Gasteiger partial charge on any atom is 0.277 e. The van der Waals surface area contributed by atoms with Gasteiger partial charge in [-0.1, -0.05) is 41.6 Å². The van der Waals surface area contributed by atoms with Gasteiger partial charge in [-0.15, -0.1) is 10.2 Å². The minimum atomic E-state index is -0.307. The Morgan fingerprint density at radius 3 is 2.39 bits per heavy atom. The predicted molar refractivity (Wildman–Crippen MR) is 128 cm³/mol. The van der Waals surface area contributed by atoms with Crippen molar-refractivity contribution in [3.63, 3.8) is 0 Å². The number of rotatable bonds is 9. The number of carbonyl (C=O) groups excluding carboxylic acids is 2. The number of hydrogen-bond acceptors (Lipinski definition) is 7. The van der Waals surface area contributed by atoms with Gasteiger partial charge in [-0.05, 0) is 62.9 Å². The summed E-state index contributed by atoms with van der Waals surface area (Å²) < 4.78 is 11.3. The number of nitrogens with zero attached hydrogens (tertiary/aromatic N) is 2. The first-order valence-electron chi connectivity index (χ1n) is 10.5. The Morgan fingerprint density at radius 2 is 1.67 bits per heavy atom. The molecular weight excluding hydrogens is 440 g/mol. The molecule has 0 unspecified atom stereocenters. The number of nitrogens with one attached hydrogen (secondary N) is 2. The molecule has 3 aromatic rings. The summed E-state index contributed by atoms with van der Waals surface area (Å²) in [6.45, 7) is 9.87. The normalized spacial score (nSPS) is 10.7. The van der Waals surface area contributed by atoms with Gasteiger partial charge in [0.15, 0.2) is 6.61 Å². The second-order valence-electron chi connectivity index (χ2n) is 7.91. The number of thioether (sulfide) groups is 1. The fraction of sp³-hybridized carbons (Fsp3) is 0.333. The molecule has 0 bridgehead atoms. The number of ether oxygens (including phenoxy) is 1. The van der Waals surface area contributed by atoms with E-state index in [4.69, 9.17) is 9.15 Å². The highest BCUT2D eigenvalue weighted by molar-refractivity contribution is 7.99. The summed E-state index contributed by atoms with van der Waals surface area (Å²) in [5.41, 5.74) is 5.99. The van der Waals surface area contributed by atoms with Gasteiger partial charge in [0.2, 0.25) is 11.8 Å². The molecule has 33 heavy (non-hydrogen) atoms. The van der Waals surface area contributed by atoms with Crippen LogP contribution in [0.5, 0.6) is 5.75 Å². The van der Waals surface area contributed by atoms with E-state index >= 15 is 0 Å². The fourth-order valence-electron chi connectivity index (χ4n) is 3.28. The summed E-state index contributed by atoms with van der Waals surface area (Å²) in [6, 6.07) is 9.96. The molecule has 2 N–H and O–H groups in total. The van der Waals surface area contributed by atoms with Crippen molar-refractivity contribution in [2.24, 2.45) is 0 Å². The highest BCUT2D eigenvalue weighted by Gasteiger charge is 2.13. The molecule has 0 aliphatic rings. The lowest BCUT2D eigenvalue weighted by Gasteiger charge is -2.13. The third-order valence-electron chi connectivity index (χ3n) is 4.86. The summed E-state index contributed by atoms with van der Waals surface area (Å²) >= 11 is 1.10. The van der Waals surface area contributed by atoms with Crippen LogP contribution in [0, 0.1) is 34.6 Å². The van der Waals surface area contributed by atoms with E-state index in [0.29, 0.717) is 5.89 Å². The quantitative estimate of drug-likeness (QED) is 0.457. The smallest absolute Gasteiger partial charge is 0.277 e. The van der Waals surface area contributed by atoms with Crippen LogP contribution in [0.4, 0.5) is 5.69 Å². The molecule has 3 rings (SSSR count). The summed E-state index contributed by atoms with van der Waals surface area (Å²) in [6.07, 6.45) is 0. The topological polar surface area (TPSA) is 106 Å². The third kappa shape index (κ3) is 7.08. The number of aryl methyl sites for hydroxylation is 5. The van der Waals surface area contributed by atoms with E-state index in [1.54, 1.807) is 0 Å². The van der Waals surface area contributed by atoms with E-state index in [-0.39, 0.29) is 35.9 Å². The van der Waals surface area contributed by atoms with Gasteiger partial charge in [0.25, 0.3) is 11.1 Å². The van der Waals surface area contributed by atoms with Gasteiger partial charge in [0, 0.05) is 5.69 Å². The minimum absolute atomic E-state index is 0.0509. The number of aromatic nitrogens is 2. The number of carbonyl (C=O) groups is 2. The maximum atomic E-state index is 12.2. The van der Waals surface area contributed by atoms with Gasteiger partial charge in [-0.2, -0.15) is 0 Å². The lowest BCUT2D eigenvalue weighted by atomic mass is 10.1. The Labute approximate surface area is 197 Å². The third-order valence-corrected chi connectivity index (χ3v) is 5.68. The fourth-order valence-corrected chi connectivity index (χ4v) is 3.89. The van der Waals surface area contributed by atoms with E-state index in [1.807, 2.05) is 65.0 Å². The number of anilines is 1. The molecule has 1 heterocycles. The zero-order valence-corrected chi connectivity index (χ0v) is 20.3. The molecule has 0 fully saturated rings. The van der Waals surface area contributed by atoms with Crippen LogP contribution in [-0.4, -0.2) is 34.3 Å². The highest BCUT2D eigenvalue weighted by Crippen LogP contribution is 2.22. The van der Waals surface area contributed by atoms with Crippen molar-refractivity contribution in [3.05, 3.63) is 64.0 Å². The first kappa shape index (κ1) is 24.3. The number of amides is 2. The molecule has 174 valence electrons. The van der Waals surface area contributed by atoms with E-state index in [2.05, 4.69) is 20.8 Å². The zero-order chi connectivity index (χ0) is 24.0. The van der Waals surface area contributed by atoms with Gasteiger partial charge in [-0.25, -0.2) is 0 Å². The summed E-state index contributed by atoms with van der Waals surface area (Å²) in [4.78, 5) is 24.3. The maximum absolute atomic E-state index is 12.2. The minimum Gasteiger partial charge on any atom is -0.484 e. The van der Waals surface area contributed by atoms with Gasteiger partial charge >= 0.3 is 0 Å². The molecular formula is C24H28N4O4S. The van der Waals surface area contributed by atoms with Gasteiger partial charge < -0.3 is 19.8 Å². The van der Waals surface area contributed by atoms with Crippen LogP contribution in [0.25, 0.3) is 0 Å². The van der Waals surface area contributed by atoms with Crippen LogP contribution in [0.3, 0.4) is 0 Å². The van der Waals surface area contributed by atoms with Crippen LogP contribution in [0.2, 0.25) is 0 Å². The predicted octanol–water partition coefficient (Wildman–Crippen LogP) is 4.04. The first-order chi connectivity index (χ1) is 15.7. The van der Waals surface area contributed by atoms with Crippen molar-refractivity contribution in [1.82, 2.24) is 15.5 Å². The molecule has 2 aromatic carbocycles. The van der Waals surface area contributed by atoms with Crippen LogP contribution >= 0.6 is 11.8 Å². The summed E-state index contributed by atoms with van der Waals surface area (Å²) in [5, 5.41) is 13.6. The second-order valence-corrected chi connectivity index (χ2v) is 8.83. The Balaban J connectivity index is 1.42. The molecule has 1 aromatic heterocycles. The van der Waals surface area contributed by atoms with Crippen molar-refractivity contribution in [2.75, 3.05) is 17.6 Å². The SMILES string of the molecule is Cc1cc(C)c(NC(=O)CNC(=O)CSc2nnc(COc3cc(C)ccc3C)o2)c(C)c1. The van der Waals surface area contributed by atoms with Crippen molar-refractivity contribution in [1.29, 1.82) is 0 Å². The average molecular weight is 469 g/mol. The zero-order valence-electron chi connectivity index (χ0n) is 19.4. The summed E-state index contributed by atoms with van der Waals surface area (Å²) in [5.74, 6) is 0.541. The van der Waals surface area contributed by atoms with Crippen molar-refractivity contribution >= 4 is 29.3 Å². The standard InChI is InChI=1S/C24H28N4O4S/c1-14-6-7-16(3)19(10-14)31-12-22-27-28-24(32-22)33-13-21(30)25-11-20(29)26-23-17(4)8-15(2)9-18(23)5/h6-10H,11-13H2,1-5H3,(H,25,30)(H,26,29). The molecule has 0 saturated heterocycles. The van der Waals surface area contributed by atoms with Crippen LogP contribution < -0.4 is 15.4 Å². The van der Waals surface area contributed by atoms with Crippen molar-refractivity contribution in [3.8, 4) is 5.75 Å². The molecule has 0 spiro atoms. The van der Waals surface area contributed by atoms with Crippen LogP contribution in [0.15, 0.2) is 40.0 Å². The second kappa shape index (κ2) is 11.0. The van der Waals surface area contributed by atoms with E-state index in [1.165, 1.54) is 0 Å². The van der Waals surface area contributed by atoms with E-state index in [9.17, 15) is 9.59 Å². The van der Waals surface area contributed by atoms with Crippen molar-refractivity contribution in [2.45, 2.75) is 46.4 Å². The molecule has 0 radical (unpaired) electrons. The van der Waals surface area contributed by atoms with Crippen LogP contribution in [0.1, 0.15) is 33.7 Å². The lowest BCUT2D eigenvalue weighted by Crippen LogP contribution is -2.34. The molecule has 9 heteroatoms. The largest absolute Gasteiger partial charge is 0.484 e. The molecule has 8 nitrogen and oxygen atoms in total. The first-order valence-corrected chi connectivity index (χ1v) is 11.5. The van der Waals surface area contributed by atoms with Gasteiger partial charge in [0.05, 0.1) is 12.3 Å². The van der Waals surface area contributed by atoms with Gasteiger partial charge in [-0.3, -0.25) is 9.59 Å². The molecule has 2 amide bonds.